The molecular formula is C17H28ClN3O4S. The zero-order valence-electron chi connectivity index (χ0n) is 15.2. The van der Waals surface area contributed by atoms with Crippen molar-refractivity contribution in [3.8, 4) is 0 Å². The first-order valence-corrected chi connectivity index (χ1v) is 10.0. The molecule has 1 aromatic rings. The number of carbonyl (C=O) groups excluding carboxylic acids is 1. The lowest BCUT2D eigenvalue weighted by atomic mass is 10.0. The minimum absolute atomic E-state index is 0. The van der Waals surface area contributed by atoms with Gasteiger partial charge in [0.1, 0.15) is 0 Å². The van der Waals surface area contributed by atoms with Crippen molar-refractivity contribution in [1.82, 2.24) is 15.4 Å². The Labute approximate surface area is 161 Å². The van der Waals surface area contributed by atoms with E-state index in [0.29, 0.717) is 18.0 Å². The Morgan fingerprint density at radius 2 is 2.12 bits per heavy atom. The zero-order valence-corrected chi connectivity index (χ0v) is 16.8. The first-order valence-electron chi connectivity index (χ1n) is 8.52. The van der Waals surface area contributed by atoms with Crippen molar-refractivity contribution < 1.29 is 17.9 Å². The maximum atomic E-state index is 12.4. The maximum absolute atomic E-state index is 12.4. The number of carbonyl (C=O) groups is 1. The second-order valence-electron chi connectivity index (χ2n) is 6.27. The number of hydrogen-bond acceptors (Lipinski definition) is 5. The summed E-state index contributed by atoms with van der Waals surface area (Å²) < 4.78 is 31.8. The number of ether oxygens (including phenoxy) is 1. The van der Waals surface area contributed by atoms with E-state index < -0.39 is 10.0 Å². The Morgan fingerprint density at radius 1 is 1.35 bits per heavy atom. The Balaban J connectivity index is 0.00000338. The molecule has 1 atom stereocenters. The van der Waals surface area contributed by atoms with Crippen LogP contribution in [0.4, 0.5) is 0 Å². The Kier molecular flexibility index (Phi) is 9.52. The number of methoxy groups -OCH3 is 1. The van der Waals surface area contributed by atoms with E-state index >= 15 is 0 Å². The van der Waals surface area contributed by atoms with Gasteiger partial charge in [0, 0.05) is 25.8 Å². The van der Waals surface area contributed by atoms with E-state index in [1.165, 1.54) is 19.2 Å². The Bertz CT molecular complexity index is 691. The molecule has 0 aromatic heterocycles. The predicted molar refractivity (Wildman–Crippen MR) is 103 cm³/mol. The smallest absolute Gasteiger partial charge is 0.251 e. The number of rotatable bonds is 9. The van der Waals surface area contributed by atoms with Crippen molar-refractivity contribution in [3.63, 3.8) is 0 Å². The summed E-state index contributed by atoms with van der Waals surface area (Å²) in [7, 11) is -2.15. The number of sulfonamides is 1. The number of amides is 1. The van der Waals surface area contributed by atoms with Gasteiger partial charge in [0.25, 0.3) is 5.91 Å². The van der Waals surface area contributed by atoms with Crippen molar-refractivity contribution in [3.05, 3.63) is 29.3 Å². The highest BCUT2D eigenvalue weighted by Crippen LogP contribution is 2.16. The van der Waals surface area contributed by atoms with Gasteiger partial charge in [0.05, 0.1) is 11.5 Å². The summed E-state index contributed by atoms with van der Waals surface area (Å²) in [6.45, 7) is 4.89. The molecule has 9 heteroatoms. The highest BCUT2D eigenvalue weighted by molar-refractivity contribution is 7.89. The van der Waals surface area contributed by atoms with Crippen molar-refractivity contribution in [2.24, 2.45) is 5.92 Å². The lowest BCUT2D eigenvalue weighted by Crippen LogP contribution is -2.29. The number of nitrogens with one attached hydrogen (secondary N) is 3. The number of aryl methyl sites for hydroxylation is 1. The largest absolute Gasteiger partial charge is 0.383 e. The molecule has 0 spiro atoms. The van der Waals surface area contributed by atoms with Gasteiger partial charge in [-0.1, -0.05) is 6.07 Å². The summed E-state index contributed by atoms with van der Waals surface area (Å²) in [6, 6.07) is 4.59. The standard InChI is InChI=1S/C17H27N3O4S.ClH/c1-13-3-4-15(25(22,23)20-9-10-24-2)11-16(13)17(21)19-8-6-14-5-7-18-12-14;/h3-4,11,14,18,20H,5-10,12H2,1-2H3,(H,19,21);1H. The third-order valence-corrected chi connectivity index (χ3v) is 5.82. The van der Waals surface area contributed by atoms with Crippen LogP contribution in [0.15, 0.2) is 23.1 Å². The third kappa shape index (κ3) is 6.51. The first-order chi connectivity index (χ1) is 11.9. The van der Waals surface area contributed by atoms with E-state index in [-0.39, 0.29) is 36.4 Å². The Hall–Kier alpha value is -1.19. The van der Waals surface area contributed by atoms with E-state index in [9.17, 15) is 13.2 Å². The minimum atomic E-state index is -3.66. The van der Waals surface area contributed by atoms with Crippen molar-refractivity contribution >= 4 is 28.3 Å². The molecule has 1 heterocycles. The molecule has 3 N–H and O–H groups in total. The van der Waals surface area contributed by atoms with Crippen LogP contribution in [0, 0.1) is 12.8 Å². The first kappa shape index (κ1) is 22.9. The number of benzene rings is 1. The molecule has 1 aliphatic rings. The molecule has 1 aliphatic heterocycles. The van der Waals surface area contributed by atoms with Gasteiger partial charge in [-0.15, -0.1) is 12.4 Å². The molecule has 1 aromatic carbocycles. The fourth-order valence-corrected chi connectivity index (χ4v) is 3.86. The normalized spacial score (nSPS) is 16.9. The van der Waals surface area contributed by atoms with E-state index in [1.54, 1.807) is 13.0 Å². The average Bonchev–Trinajstić information content (AvgIpc) is 3.08. The third-order valence-electron chi connectivity index (χ3n) is 4.36. The minimum Gasteiger partial charge on any atom is -0.383 e. The van der Waals surface area contributed by atoms with E-state index in [0.717, 1.165) is 31.5 Å². The zero-order chi connectivity index (χ0) is 18.3. The van der Waals surface area contributed by atoms with Crippen LogP contribution in [-0.2, 0) is 14.8 Å². The highest BCUT2D eigenvalue weighted by Gasteiger charge is 2.18. The van der Waals surface area contributed by atoms with Gasteiger partial charge in [0.15, 0.2) is 0 Å². The molecule has 1 unspecified atom stereocenters. The van der Waals surface area contributed by atoms with E-state index in [2.05, 4.69) is 15.4 Å². The molecule has 148 valence electrons. The second kappa shape index (κ2) is 10.8. The number of hydrogen-bond donors (Lipinski definition) is 3. The van der Waals surface area contributed by atoms with Crippen LogP contribution >= 0.6 is 12.4 Å². The van der Waals surface area contributed by atoms with Crippen LogP contribution in [0.25, 0.3) is 0 Å². The molecule has 26 heavy (non-hydrogen) atoms. The SMILES string of the molecule is COCCNS(=O)(=O)c1ccc(C)c(C(=O)NCCC2CCNC2)c1.Cl. The molecule has 0 radical (unpaired) electrons. The monoisotopic (exact) mass is 405 g/mol. The fourth-order valence-electron chi connectivity index (χ4n) is 2.82. The fraction of sp³-hybridized carbons (Fsp3) is 0.588. The van der Waals surface area contributed by atoms with E-state index in [1.807, 2.05) is 0 Å². The summed E-state index contributed by atoms with van der Waals surface area (Å²) in [5.74, 6) is 0.357. The van der Waals surface area contributed by atoms with Crippen molar-refractivity contribution in [2.75, 3.05) is 39.9 Å². The quantitative estimate of drug-likeness (QED) is 0.534. The summed E-state index contributed by atoms with van der Waals surface area (Å²) in [5.41, 5.74) is 1.13. The summed E-state index contributed by atoms with van der Waals surface area (Å²) in [6.07, 6.45) is 2.06. The molecule has 0 bridgehead atoms. The predicted octanol–water partition coefficient (Wildman–Crippen LogP) is 1.07. The van der Waals surface area contributed by atoms with Gasteiger partial charge in [-0.25, -0.2) is 13.1 Å². The van der Waals surface area contributed by atoms with Gasteiger partial charge >= 0.3 is 0 Å². The highest BCUT2D eigenvalue weighted by atomic mass is 35.5. The second-order valence-corrected chi connectivity index (χ2v) is 8.04. The van der Waals surface area contributed by atoms with Crippen LogP contribution in [0.1, 0.15) is 28.8 Å². The number of halogens is 1. The molecule has 2 rings (SSSR count). The lowest BCUT2D eigenvalue weighted by molar-refractivity contribution is 0.0951. The van der Waals surface area contributed by atoms with Gasteiger partial charge in [-0.2, -0.15) is 0 Å². The van der Waals surface area contributed by atoms with Crippen LogP contribution < -0.4 is 15.4 Å². The molecule has 0 aliphatic carbocycles. The van der Waals surface area contributed by atoms with Crippen LogP contribution in [0.3, 0.4) is 0 Å². The van der Waals surface area contributed by atoms with Crippen molar-refractivity contribution in [1.29, 1.82) is 0 Å². The molecule has 1 amide bonds. The van der Waals surface area contributed by atoms with Gasteiger partial charge in [-0.05, 0) is 56.5 Å². The van der Waals surface area contributed by atoms with Crippen LogP contribution in [-0.4, -0.2) is 54.2 Å². The molecular weight excluding hydrogens is 378 g/mol. The molecule has 0 saturated carbocycles. The maximum Gasteiger partial charge on any atom is 0.251 e. The van der Waals surface area contributed by atoms with Crippen LogP contribution in [0.2, 0.25) is 0 Å². The van der Waals surface area contributed by atoms with Gasteiger partial charge in [0.2, 0.25) is 10.0 Å². The van der Waals surface area contributed by atoms with E-state index in [4.69, 9.17) is 4.74 Å². The molecule has 1 fully saturated rings. The van der Waals surface area contributed by atoms with Gasteiger partial charge < -0.3 is 15.4 Å². The lowest BCUT2D eigenvalue weighted by Gasteiger charge is -2.12. The summed E-state index contributed by atoms with van der Waals surface area (Å²) in [4.78, 5) is 12.5. The molecule has 7 nitrogen and oxygen atoms in total. The van der Waals surface area contributed by atoms with Crippen LogP contribution in [0.5, 0.6) is 0 Å². The average molecular weight is 406 g/mol. The molecule has 1 saturated heterocycles. The summed E-state index contributed by atoms with van der Waals surface area (Å²) in [5, 5.41) is 6.20. The van der Waals surface area contributed by atoms with Crippen molar-refractivity contribution in [2.45, 2.75) is 24.7 Å². The Morgan fingerprint density at radius 3 is 2.77 bits per heavy atom. The topological polar surface area (TPSA) is 96.5 Å². The van der Waals surface area contributed by atoms with Gasteiger partial charge in [-0.3, -0.25) is 4.79 Å². The summed E-state index contributed by atoms with van der Waals surface area (Å²) >= 11 is 0.